The highest BCUT2D eigenvalue weighted by molar-refractivity contribution is 5.47. The minimum Gasteiger partial charge on any atom is -0.378 e. The van der Waals surface area contributed by atoms with Crippen molar-refractivity contribution in [2.24, 2.45) is 0 Å². The first-order valence-corrected chi connectivity index (χ1v) is 7.60. The average Bonchev–Trinajstić information content (AvgIpc) is 2.56. The second kappa shape index (κ2) is 7.63. The van der Waals surface area contributed by atoms with Gasteiger partial charge in [0.05, 0.1) is 6.07 Å². The second-order valence-corrected chi connectivity index (χ2v) is 5.57. The molecule has 3 nitrogen and oxygen atoms in total. The number of anilines is 1. The zero-order valence-corrected chi connectivity index (χ0v) is 13.5. The summed E-state index contributed by atoms with van der Waals surface area (Å²) >= 11 is 0. The zero-order valence-electron chi connectivity index (χ0n) is 13.5. The van der Waals surface area contributed by atoms with Crippen LogP contribution in [0.25, 0.3) is 0 Å². The van der Waals surface area contributed by atoms with Crippen LogP contribution in [-0.2, 0) is 6.54 Å². The Kier molecular flexibility index (Phi) is 5.57. The Morgan fingerprint density at radius 3 is 2.14 bits per heavy atom. The van der Waals surface area contributed by atoms with Crippen LogP contribution in [-0.4, -0.2) is 25.5 Å². The largest absolute Gasteiger partial charge is 0.378 e. The first kappa shape index (κ1) is 16.1. The van der Waals surface area contributed by atoms with E-state index in [1.165, 1.54) is 5.56 Å². The Morgan fingerprint density at radius 2 is 1.64 bits per heavy atom. The van der Waals surface area contributed by atoms with Crippen molar-refractivity contribution in [3.63, 3.8) is 0 Å². The number of nitrogens with zero attached hydrogens (tertiary/aromatic N) is 3. The van der Waals surface area contributed by atoms with Gasteiger partial charge < -0.3 is 4.90 Å². The van der Waals surface area contributed by atoms with Crippen LogP contribution in [0.3, 0.4) is 0 Å². The molecule has 1 atom stereocenters. The van der Waals surface area contributed by atoms with Crippen LogP contribution in [0.1, 0.15) is 24.1 Å². The summed E-state index contributed by atoms with van der Waals surface area (Å²) in [6.45, 7) is 3.72. The number of hydrogen-bond acceptors (Lipinski definition) is 3. The molecule has 0 aliphatic rings. The van der Waals surface area contributed by atoms with Gasteiger partial charge in [0.1, 0.15) is 6.04 Å². The molecule has 0 aliphatic carbocycles. The third-order valence-electron chi connectivity index (χ3n) is 3.85. The molecule has 0 fully saturated rings. The van der Waals surface area contributed by atoms with E-state index in [-0.39, 0.29) is 6.04 Å². The highest BCUT2D eigenvalue weighted by Crippen LogP contribution is 2.24. The van der Waals surface area contributed by atoms with E-state index in [1.807, 2.05) is 32.3 Å². The maximum absolute atomic E-state index is 9.64. The van der Waals surface area contributed by atoms with Gasteiger partial charge in [-0.1, -0.05) is 49.4 Å². The standard InChI is InChI=1S/C19H23N3/c1-4-22(15-16-8-6-5-7-9-16)19(14-20)17-10-12-18(13-11-17)21(2)3/h5-13,19H,4,15H2,1-3H3. The lowest BCUT2D eigenvalue weighted by Crippen LogP contribution is -2.27. The third kappa shape index (κ3) is 3.87. The van der Waals surface area contributed by atoms with Gasteiger partial charge in [-0.3, -0.25) is 4.90 Å². The van der Waals surface area contributed by atoms with Gasteiger partial charge in [-0.15, -0.1) is 0 Å². The van der Waals surface area contributed by atoms with E-state index >= 15 is 0 Å². The Hall–Kier alpha value is -2.31. The average molecular weight is 293 g/mol. The molecule has 0 aromatic heterocycles. The molecule has 3 heteroatoms. The van der Waals surface area contributed by atoms with E-state index in [1.54, 1.807) is 0 Å². The molecular formula is C19H23N3. The van der Waals surface area contributed by atoms with Crippen molar-refractivity contribution in [1.29, 1.82) is 5.26 Å². The molecule has 0 spiro atoms. The summed E-state index contributed by atoms with van der Waals surface area (Å²) in [4.78, 5) is 4.26. The molecule has 0 amide bonds. The van der Waals surface area contributed by atoms with Crippen LogP contribution in [0.2, 0.25) is 0 Å². The van der Waals surface area contributed by atoms with Crippen molar-refractivity contribution < 1.29 is 0 Å². The van der Waals surface area contributed by atoms with Crippen molar-refractivity contribution in [1.82, 2.24) is 4.90 Å². The molecule has 1 unspecified atom stereocenters. The molecule has 2 aromatic carbocycles. The van der Waals surface area contributed by atoms with Gasteiger partial charge in [-0.05, 0) is 29.8 Å². The lowest BCUT2D eigenvalue weighted by molar-refractivity contribution is 0.239. The smallest absolute Gasteiger partial charge is 0.124 e. The third-order valence-corrected chi connectivity index (χ3v) is 3.85. The van der Waals surface area contributed by atoms with Gasteiger partial charge in [0.2, 0.25) is 0 Å². The molecule has 0 saturated carbocycles. The molecule has 2 rings (SSSR count). The van der Waals surface area contributed by atoms with E-state index in [0.717, 1.165) is 24.3 Å². The summed E-state index contributed by atoms with van der Waals surface area (Å²) in [6, 6.07) is 20.8. The molecule has 0 heterocycles. The summed E-state index contributed by atoms with van der Waals surface area (Å²) in [5, 5.41) is 9.64. The van der Waals surface area contributed by atoms with Crippen LogP contribution in [0.4, 0.5) is 5.69 Å². The lowest BCUT2D eigenvalue weighted by Gasteiger charge is -2.26. The summed E-state index contributed by atoms with van der Waals surface area (Å²) in [7, 11) is 4.04. The Labute approximate surface area is 133 Å². The molecule has 0 saturated heterocycles. The van der Waals surface area contributed by atoms with E-state index in [0.29, 0.717) is 0 Å². The quantitative estimate of drug-likeness (QED) is 0.810. The van der Waals surface area contributed by atoms with E-state index in [9.17, 15) is 5.26 Å². The molecule has 0 N–H and O–H groups in total. The van der Waals surface area contributed by atoms with Gasteiger partial charge in [0, 0.05) is 26.3 Å². The normalized spacial score (nSPS) is 12.0. The van der Waals surface area contributed by atoms with Gasteiger partial charge in [-0.2, -0.15) is 5.26 Å². The maximum Gasteiger partial charge on any atom is 0.124 e. The topological polar surface area (TPSA) is 30.3 Å². The van der Waals surface area contributed by atoms with Crippen LogP contribution in [0, 0.1) is 11.3 Å². The van der Waals surface area contributed by atoms with Crippen LogP contribution >= 0.6 is 0 Å². The molecule has 2 aromatic rings. The van der Waals surface area contributed by atoms with Gasteiger partial charge >= 0.3 is 0 Å². The maximum atomic E-state index is 9.64. The van der Waals surface area contributed by atoms with Crippen molar-refractivity contribution in [3.05, 3.63) is 65.7 Å². The fraction of sp³-hybridized carbons (Fsp3) is 0.316. The van der Waals surface area contributed by atoms with Gasteiger partial charge in [0.25, 0.3) is 0 Å². The minimum atomic E-state index is -0.221. The van der Waals surface area contributed by atoms with E-state index < -0.39 is 0 Å². The molecule has 0 bridgehead atoms. The highest BCUT2D eigenvalue weighted by atomic mass is 15.1. The van der Waals surface area contributed by atoms with Gasteiger partial charge in [-0.25, -0.2) is 0 Å². The molecular weight excluding hydrogens is 270 g/mol. The van der Waals surface area contributed by atoms with Crippen molar-refractivity contribution in [2.75, 3.05) is 25.5 Å². The first-order valence-electron chi connectivity index (χ1n) is 7.60. The predicted octanol–water partition coefficient (Wildman–Crippen LogP) is 3.84. The number of nitriles is 1. The van der Waals surface area contributed by atoms with Crippen molar-refractivity contribution in [3.8, 4) is 6.07 Å². The van der Waals surface area contributed by atoms with E-state index in [4.69, 9.17) is 0 Å². The SMILES string of the molecule is CCN(Cc1ccccc1)C(C#N)c1ccc(N(C)C)cc1. The Balaban J connectivity index is 2.19. The fourth-order valence-corrected chi connectivity index (χ4v) is 2.53. The van der Waals surface area contributed by atoms with Crippen molar-refractivity contribution >= 4 is 5.69 Å². The highest BCUT2D eigenvalue weighted by Gasteiger charge is 2.19. The Bertz CT molecular complexity index is 611. The summed E-state index contributed by atoms with van der Waals surface area (Å²) < 4.78 is 0. The van der Waals surface area contributed by atoms with Crippen LogP contribution in [0.15, 0.2) is 54.6 Å². The van der Waals surface area contributed by atoms with Crippen LogP contribution < -0.4 is 4.90 Å². The lowest BCUT2D eigenvalue weighted by atomic mass is 10.0. The van der Waals surface area contributed by atoms with Gasteiger partial charge in [0.15, 0.2) is 0 Å². The molecule has 22 heavy (non-hydrogen) atoms. The summed E-state index contributed by atoms with van der Waals surface area (Å²) in [5.74, 6) is 0. The monoisotopic (exact) mass is 293 g/mol. The second-order valence-electron chi connectivity index (χ2n) is 5.57. The van der Waals surface area contributed by atoms with E-state index in [2.05, 4.69) is 59.2 Å². The number of rotatable bonds is 6. The van der Waals surface area contributed by atoms with Crippen LogP contribution in [0.5, 0.6) is 0 Å². The van der Waals surface area contributed by atoms with Crippen molar-refractivity contribution in [2.45, 2.75) is 19.5 Å². The summed E-state index contributed by atoms with van der Waals surface area (Å²) in [5.41, 5.74) is 3.42. The molecule has 0 radical (unpaired) electrons. The number of hydrogen-bond donors (Lipinski definition) is 0. The zero-order chi connectivity index (χ0) is 15.9. The predicted molar refractivity (Wildman–Crippen MR) is 91.6 cm³/mol. The molecule has 114 valence electrons. The number of benzene rings is 2. The first-order chi connectivity index (χ1) is 10.7. The Morgan fingerprint density at radius 1 is 1.00 bits per heavy atom. The minimum absolute atomic E-state index is 0.221. The molecule has 0 aliphatic heterocycles. The fourth-order valence-electron chi connectivity index (χ4n) is 2.53. The summed E-state index contributed by atoms with van der Waals surface area (Å²) in [6.07, 6.45) is 0.